The van der Waals surface area contributed by atoms with Crippen LogP contribution in [0.15, 0.2) is 66.6 Å². The van der Waals surface area contributed by atoms with Gasteiger partial charge in [-0.3, -0.25) is 19.6 Å². The standard InChI is InChI=1S/C25H23N3O4/c1-15-12-16(2)24(32-3)19(13-15)22(29)20-21(17-7-10-26-11-8-17)28(25(31)23(20)30)14-18-6-4-5-9-27-18/h4-13,21,29H,14H2,1-3H3/b22-20+. The van der Waals surface area contributed by atoms with Crippen molar-refractivity contribution in [3.05, 3.63) is 94.6 Å². The van der Waals surface area contributed by atoms with Gasteiger partial charge in [0.05, 0.1) is 36.5 Å². The molecule has 0 radical (unpaired) electrons. The van der Waals surface area contributed by atoms with Gasteiger partial charge in [0.25, 0.3) is 11.7 Å². The molecule has 3 aromatic rings. The fraction of sp³-hybridized carbons (Fsp3) is 0.200. The summed E-state index contributed by atoms with van der Waals surface area (Å²) < 4.78 is 5.51. The highest BCUT2D eigenvalue weighted by Gasteiger charge is 2.46. The van der Waals surface area contributed by atoms with E-state index in [4.69, 9.17) is 4.74 Å². The topological polar surface area (TPSA) is 92.6 Å². The zero-order valence-electron chi connectivity index (χ0n) is 18.1. The molecule has 2 aromatic heterocycles. The van der Waals surface area contributed by atoms with Gasteiger partial charge < -0.3 is 14.7 Å². The molecule has 1 aliphatic heterocycles. The van der Waals surface area contributed by atoms with Crippen LogP contribution in [-0.2, 0) is 16.1 Å². The molecule has 7 nitrogen and oxygen atoms in total. The van der Waals surface area contributed by atoms with E-state index in [1.807, 2.05) is 26.0 Å². The van der Waals surface area contributed by atoms with Gasteiger partial charge in [-0.1, -0.05) is 12.1 Å². The second-order valence-electron chi connectivity index (χ2n) is 7.69. The van der Waals surface area contributed by atoms with E-state index in [0.29, 0.717) is 22.6 Å². The van der Waals surface area contributed by atoms with Crippen molar-refractivity contribution in [3.8, 4) is 5.75 Å². The number of aryl methyl sites for hydroxylation is 2. The summed E-state index contributed by atoms with van der Waals surface area (Å²) in [5.41, 5.74) is 3.41. The molecule has 4 rings (SSSR count). The molecule has 0 spiro atoms. The number of Topliss-reactive ketones (excluding diaryl/α,β-unsaturated/α-hetero) is 1. The number of aromatic nitrogens is 2. The van der Waals surface area contributed by atoms with Crippen LogP contribution >= 0.6 is 0 Å². The van der Waals surface area contributed by atoms with Crippen molar-refractivity contribution in [1.82, 2.24) is 14.9 Å². The van der Waals surface area contributed by atoms with Crippen LogP contribution in [0.5, 0.6) is 5.75 Å². The molecule has 162 valence electrons. The number of amides is 1. The van der Waals surface area contributed by atoms with Gasteiger partial charge in [0.15, 0.2) is 0 Å². The van der Waals surface area contributed by atoms with Gasteiger partial charge in [-0.15, -0.1) is 0 Å². The zero-order chi connectivity index (χ0) is 22.8. The summed E-state index contributed by atoms with van der Waals surface area (Å²) in [5, 5.41) is 11.4. The Hall–Kier alpha value is -4.00. The number of nitrogens with zero attached hydrogens (tertiary/aromatic N) is 3. The summed E-state index contributed by atoms with van der Waals surface area (Å²) in [5.74, 6) is -1.25. The fourth-order valence-corrected chi connectivity index (χ4v) is 4.15. The fourth-order valence-electron chi connectivity index (χ4n) is 4.15. The largest absolute Gasteiger partial charge is 0.507 e. The summed E-state index contributed by atoms with van der Waals surface area (Å²) in [6.45, 7) is 3.88. The molecule has 1 N–H and O–H groups in total. The predicted molar refractivity (Wildman–Crippen MR) is 119 cm³/mol. The lowest BCUT2D eigenvalue weighted by atomic mass is 9.94. The maximum Gasteiger partial charge on any atom is 0.296 e. The molecule has 7 heteroatoms. The number of rotatable bonds is 5. The molecule has 0 aliphatic carbocycles. The second-order valence-corrected chi connectivity index (χ2v) is 7.69. The highest BCUT2D eigenvalue weighted by molar-refractivity contribution is 6.46. The first kappa shape index (κ1) is 21.2. The number of pyridine rings is 2. The van der Waals surface area contributed by atoms with Crippen LogP contribution in [0, 0.1) is 13.8 Å². The normalized spacial score (nSPS) is 17.6. The van der Waals surface area contributed by atoms with E-state index in [1.165, 1.54) is 12.0 Å². The molecule has 1 amide bonds. The van der Waals surface area contributed by atoms with Gasteiger partial charge in [0.1, 0.15) is 11.5 Å². The summed E-state index contributed by atoms with van der Waals surface area (Å²) >= 11 is 0. The monoisotopic (exact) mass is 429 g/mol. The summed E-state index contributed by atoms with van der Waals surface area (Å²) in [4.78, 5) is 36.0. The molecule has 1 fully saturated rings. The number of aliphatic hydroxyl groups is 1. The second kappa shape index (κ2) is 8.63. The first-order valence-corrected chi connectivity index (χ1v) is 10.2. The minimum absolute atomic E-state index is 0.0143. The minimum atomic E-state index is -0.787. The Morgan fingerprint density at radius 1 is 1.09 bits per heavy atom. The lowest BCUT2D eigenvalue weighted by Crippen LogP contribution is -2.29. The van der Waals surface area contributed by atoms with E-state index < -0.39 is 17.7 Å². The molecular weight excluding hydrogens is 406 g/mol. The van der Waals surface area contributed by atoms with Crippen LogP contribution in [0.2, 0.25) is 0 Å². The van der Waals surface area contributed by atoms with Gasteiger partial charge in [-0.05, 0) is 60.9 Å². The maximum absolute atomic E-state index is 13.2. The first-order valence-electron chi connectivity index (χ1n) is 10.2. The highest BCUT2D eigenvalue weighted by Crippen LogP contribution is 2.42. The van der Waals surface area contributed by atoms with Gasteiger partial charge in [-0.2, -0.15) is 0 Å². The third-order valence-corrected chi connectivity index (χ3v) is 5.50. The van der Waals surface area contributed by atoms with Crippen LogP contribution in [0.25, 0.3) is 5.76 Å². The van der Waals surface area contributed by atoms with E-state index in [0.717, 1.165) is 11.1 Å². The summed E-state index contributed by atoms with van der Waals surface area (Å²) in [7, 11) is 1.51. The lowest BCUT2D eigenvalue weighted by Gasteiger charge is -2.25. The zero-order valence-corrected chi connectivity index (χ0v) is 18.1. The van der Waals surface area contributed by atoms with Crippen molar-refractivity contribution in [2.24, 2.45) is 0 Å². The van der Waals surface area contributed by atoms with Crippen LogP contribution in [0.4, 0.5) is 0 Å². The average Bonchev–Trinajstić information content (AvgIpc) is 3.04. The number of hydrogen-bond acceptors (Lipinski definition) is 6. The summed E-state index contributed by atoms with van der Waals surface area (Å²) in [6, 6.07) is 11.7. The SMILES string of the molecule is COc1c(C)cc(C)cc1/C(O)=C1\C(=O)C(=O)N(Cc2ccccn2)C1c1ccncc1. The van der Waals surface area contributed by atoms with E-state index >= 15 is 0 Å². The number of carbonyl (C=O) groups excluding carboxylic acids is 2. The molecule has 1 saturated heterocycles. The predicted octanol–water partition coefficient (Wildman–Crippen LogP) is 3.72. The van der Waals surface area contributed by atoms with Crippen molar-refractivity contribution in [1.29, 1.82) is 0 Å². The van der Waals surface area contributed by atoms with Gasteiger partial charge in [0.2, 0.25) is 0 Å². The Morgan fingerprint density at radius 3 is 2.50 bits per heavy atom. The number of benzene rings is 1. The third kappa shape index (κ3) is 3.73. The smallest absolute Gasteiger partial charge is 0.296 e. The molecule has 1 atom stereocenters. The van der Waals surface area contributed by atoms with Crippen LogP contribution in [0.1, 0.15) is 34.0 Å². The average molecular weight is 429 g/mol. The van der Waals surface area contributed by atoms with Crippen molar-refractivity contribution in [2.75, 3.05) is 7.11 Å². The number of likely N-dealkylation sites (tertiary alicyclic amines) is 1. The Bertz CT molecular complexity index is 1210. The van der Waals surface area contributed by atoms with Crippen LogP contribution in [-0.4, -0.2) is 38.8 Å². The quantitative estimate of drug-likeness (QED) is 0.378. The van der Waals surface area contributed by atoms with E-state index in [1.54, 1.807) is 48.9 Å². The number of ether oxygens (including phenoxy) is 1. The third-order valence-electron chi connectivity index (χ3n) is 5.50. The number of methoxy groups -OCH3 is 1. The number of ketones is 1. The molecule has 1 aliphatic rings. The molecule has 0 saturated carbocycles. The van der Waals surface area contributed by atoms with Crippen molar-refractivity contribution in [3.63, 3.8) is 0 Å². The highest BCUT2D eigenvalue weighted by atomic mass is 16.5. The van der Waals surface area contributed by atoms with E-state index in [9.17, 15) is 14.7 Å². The first-order chi connectivity index (χ1) is 15.4. The van der Waals surface area contributed by atoms with Crippen molar-refractivity contribution < 1.29 is 19.4 Å². The Kier molecular flexibility index (Phi) is 5.73. The molecule has 32 heavy (non-hydrogen) atoms. The van der Waals surface area contributed by atoms with E-state index in [2.05, 4.69) is 9.97 Å². The molecule has 0 bridgehead atoms. The Labute approximate surface area is 186 Å². The molecule has 1 aromatic carbocycles. The van der Waals surface area contributed by atoms with Gasteiger partial charge >= 0.3 is 0 Å². The Morgan fingerprint density at radius 2 is 1.84 bits per heavy atom. The number of carbonyl (C=O) groups is 2. The lowest BCUT2D eigenvalue weighted by molar-refractivity contribution is -0.140. The maximum atomic E-state index is 13.2. The number of hydrogen-bond donors (Lipinski definition) is 1. The molecular formula is C25H23N3O4. The van der Waals surface area contributed by atoms with Crippen LogP contribution < -0.4 is 4.74 Å². The number of aliphatic hydroxyl groups excluding tert-OH is 1. The van der Waals surface area contributed by atoms with Crippen LogP contribution in [0.3, 0.4) is 0 Å². The minimum Gasteiger partial charge on any atom is -0.507 e. The summed E-state index contributed by atoms with van der Waals surface area (Å²) in [6.07, 6.45) is 4.81. The van der Waals surface area contributed by atoms with Gasteiger partial charge in [0, 0.05) is 18.6 Å². The van der Waals surface area contributed by atoms with Gasteiger partial charge in [-0.25, -0.2) is 0 Å². The Balaban J connectivity index is 1.92. The van der Waals surface area contributed by atoms with Crippen molar-refractivity contribution >= 4 is 17.4 Å². The molecule has 1 unspecified atom stereocenters. The molecule has 3 heterocycles. The van der Waals surface area contributed by atoms with E-state index in [-0.39, 0.29) is 17.9 Å². The van der Waals surface area contributed by atoms with Crippen molar-refractivity contribution in [2.45, 2.75) is 26.4 Å².